The van der Waals surface area contributed by atoms with E-state index in [2.05, 4.69) is 27.0 Å². The van der Waals surface area contributed by atoms with Crippen molar-refractivity contribution in [1.29, 1.82) is 0 Å². The minimum absolute atomic E-state index is 0.129. The normalized spacial score (nSPS) is 16.6. The number of benzene rings is 1. The van der Waals surface area contributed by atoms with Crippen LogP contribution >= 0.6 is 11.6 Å². The van der Waals surface area contributed by atoms with E-state index in [9.17, 15) is 9.59 Å². The molecule has 40 heavy (non-hydrogen) atoms. The molecule has 5 rings (SSSR count). The third kappa shape index (κ3) is 6.45. The van der Waals surface area contributed by atoms with Gasteiger partial charge in [0, 0.05) is 65.4 Å². The molecule has 0 unspecified atom stereocenters. The molecular formula is C29H37ClN6O4. The standard InChI is InChI=1S/C29H37ClN6O4/c1-22(2)40-25-8-4-3-7-23(25)33-14-12-32(13-15-33)10-6-11-36-29(38)27(30)24(21-31-36)34-16-18-35(19-17-34)28(37)26-9-5-20-39-26/h3-5,7-9,20-22H,6,10-19H2,1-2H3. The van der Waals surface area contributed by atoms with Gasteiger partial charge in [0.15, 0.2) is 5.76 Å². The number of carbonyl (C=O) groups is 1. The molecule has 2 saturated heterocycles. The van der Waals surface area contributed by atoms with E-state index < -0.39 is 0 Å². The number of furan rings is 1. The summed E-state index contributed by atoms with van der Waals surface area (Å²) in [4.78, 5) is 34.1. The van der Waals surface area contributed by atoms with Crippen LogP contribution in [0.4, 0.5) is 11.4 Å². The van der Waals surface area contributed by atoms with Crippen LogP contribution in [0.3, 0.4) is 0 Å². The molecule has 2 aliphatic heterocycles. The van der Waals surface area contributed by atoms with Gasteiger partial charge in [0.2, 0.25) is 0 Å². The summed E-state index contributed by atoms with van der Waals surface area (Å²) < 4.78 is 12.7. The van der Waals surface area contributed by atoms with Crippen LogP contribution in [0.5, 0.6) is 5.75 Å². The van der Waals surface area contributed by atoms with Crippen molar-refractivity contribution in [1.82, 2.24) is 19.6 Å². The molecule has 2 fully saturated rings. The third-order valence-electron chi connectivity index (χ3n) is 7.39. The number of rotatable bonds is 9. The maximum Gasteiger partial charge on any atom is 0.289 e. The Balaban J connectivity index is 1.09. The molecule has 0 saturated carbocycles. The predicted octanol–water partition coefficient (Wildman–Crippen LogP) is 3.45. The van der Waals surface area contributed by atoms with Gasteiger partial charge in [-0.3, -0.25) is 14.5 Å². The van der Waals surface area contributed by atoms with Crippen molar-refractivity contribution in [2.24, 2.45) is 0 Å². The van der Waals surface area contributed by atoms with Crippen molar-refractivity contribution >= 4 is 28.9 Å². The van der Waals surface area contributed by atoms with Crippen molar-refractivity contribution in [2.75, 3.05) is 68.7 Å². The SMILES string of the molecule is CC(C)Oc1ccccc1N1CCN(CCCn2ncc(N3CCN(C(=O)c4ccco4)CC3)c(Cl)c2=O)CC1. The maximum atomic E-state index is 13.0. The molecule has 10 nitrogen and oxygen atoms in total. The van der Waals surface area contributed by atoms with Gasteiger partial charge in [-0.05, 0) is 44.5 Å². The van der Waals surface area contributed by atoms with Crippen molar-refractivity contribution in [3.05, 3.63) is 70.0 Å². The van der Waals surface area contributed by atoms with Crippen LogP contribution in [0.15, 0.2) is 58.1 Å². The second-order valence-electron chi connectivity index (χ2n) is 10.4. The highest BCUT2D eigenvalue weighted by atomic mass is 35.5. The minimum atomic E-state index is -0.278. The van der Waals surface area contributed by atoms with Gasteiger partial charge in [-0.25, -0.2) is 4.68 Å². The lowest BCUT2D eigenvalue weighted by Gasteiger charge is -2.37. The number of para-hydroxylation sites is 2. The summed E-state index contributed by atoms with van der Waals surface area (Å²) in [6.07, 6.45) is 4.11. The summed E-state index contributed by atoms with van der Waals surface area (Å²) in [5.41, 5.74) is 1.48. The number of hydrogen-bond acceptors (Lipinski definition) is 8. The summed E-state index contributed by atoms with van der Waals surface area (Å²) >= 11 is 6.52. The zero-order chi connectivity index (χ0) is 28.1. The third-order valence-corrected chi connectivity index (χ3v) is 7.75. The molecule has 214 valence electrons. The molecule has 3 aromatic rings. The first kappa shape index (κ1) is 28.0. The first-order chi connectivity index (χ1) is 19.4. The summed E-state index contributed by atoms with van der Waals surface area (Å²) in [5, 5.41) is 4.60. The summed E-state index contributed by atoms with van der Waals surface area (Å²) in [7, 11) is 0. The van der Waals surface area contributed by atoms with Gasteiger partial charge < -0.3 is 23.9 Å². The van der Waals surface area contributed by atoms with Gasteiger partial charge in [-0.2, -0.15) is 5.10 Å². The summed E-state index contributed by atoms with van der Waals surface area (Å²) in [6, 6.07) is 11.6. The van der Waals surface area contributed by atoms with Crippen molar-refractivity contribution < 1.29 is 13.9 Å². The highest BCUT2D eigenvalue weighted by Crippen LogP contribution is 2.29. The second-order valence-corrected chi connectivity index (χ2v) is 10.8. The number of halogens is 1. The van der Waals surface area contributed by atoms with E-state index in [1.165, 1.54) is 10.9 Å². The van der Waals surface area contributed by atoms with E-state index in [0.717, 1.165) is 50.6 Å². The van der Waals surface area contributed by atoms with Crippen LogP contribution in [0.1, 0.15) is 30.8 Å². The number of aromatic nitrogens is 2. The lowest BCUT2D eigenvalue weighted by Crippen LogP contribution is -2.49. The fourth-order valence-corrected chi connectivity index (χ4v) is 5.54. The van der Waals surface area contributed by atoms with Crippen LogP contribution in [-0.2, 0) is 6.54 Å². The number of ether oxygens (including phenoxy) is 1. The number of anilines is 2. The molecule has 0 bridgehead atoms. The number of amides is 1. The minimum Gasteiger partial charge on any atom is -0.489 e. The Labute approximate surface area is 239 Å². The monoisotopic (exact) mass is 568 g/mol. The Hall–Kier alpha value is -3.50. The van der Waals surface area contributed by atoms with E-state index in [1.807, 2.05) is 30.9 Å². The molecule has 0 radical (unpaired) electrons. The van der Waals surface area contributed by atoms with Crippen molar-refractivity contribution in [2.45, 2.75) is 32.9 Å². The van der Waals surface area contributed by atoms with Crippen LogP contribution in [0, 0.1) is 0 Å². The lowest BCUT2D eigenvalue weighted by molar-refractivity contribution is 0.0714. The van der Waals surface area contributed by atoms with Crippen molar-refractivity contribution in [3.8, 4) is 5.75 Å². The Morgan fingerprint density at radius 1 is 0.950 bits per heavy atom. The Morgan fingerprint density at radius 2 is 1.65 bits per heavy atom. The van der Waals surface area contributed by atoms with Crippen LogP contribution in [0.2, 0.25) is 5.02 Å². The molecule has 0 spiro atoms. The van der Waals surface area contributed by atoms with Crippen molar-refractivity contribution in [3.63, 3.8) is 0 Å². The molecule has 1 amide bonds. The zero-order valence-electron chi connectivity index (χ0n) is 23.2. The molecule has 0 aliphatic carbocycles. The number of carbonyl (C=O) groups excluding carboxylic acids is 1. The quantitative estimate of drug-likeness (QED) is 0.388. The predicted molar refractivity (Wildman–Crippen MR) is 156 cm³/mol. The van der Waals surface area contributed by atoms with E-state index in [1.54, 1.807) is 23.2 Å². The number of nitrogens with zero attached hydrogens (tertiary/aromatic N) is 6. The van der Waals surface area contributed by atoms with E-state index in [4.69, 9.17) is 20.8 Å². The van der Waals surface area contributed by atoms with E-state index in [-0.39, 0.29) is 22.6 Å². The fourth-order valence-electron chi connectivity index (χ4n) is 5.27. The van der Waals surface area contributed by atoms with E-state index in [0.29, 0.717) is 44.2 Å². The van der Waals surface area contributed by atoms with Crippen LogP contribution in [-0.4, -0.2) is 90.5 Å². The number of aryl methyl sites for hydroxylation is 1. The first-order valence-electron chi connectivity index (χ1n) is 14.0. The van der Waals surface area contributed by atoms with Gasteiger partial charge in [0.1, 0.15) is 10.8 Å². The second kappa shape index (κ2) is 12.8. The molecular weight excluding hydrogens is 532 g/mol. The average Bonchev–Trinajstić information content (AvgIpc) is 3.51. The Morgan fingerprint density at radius 3 is 2.35 bits per heavy atom. The van der Waals surface area contributed by atoms with Crippen LogP contribution < -0.4 is 20.1 Å². The molecule has 0 atom stereocenters. The lowest BCUT2D eigenvalue weighted by atomic mass is 10.2. The number of piperazine rings is 2. The largest absolute Gasteiger partial charge is 0.489 e. The molecule has 11 heteroatoms. The van der Waals surface area contributed by atoms with Gasteiger partial charge in [-0.15, -0.1) is 0 Å². The number of hydrogen-bond donors (Lipinski definition) is 0. The zero-order valence-corrected chi connectivity index (χ0v) is 23.9. The molecule has 1 aromatic carbocycles. The van der Waals surface area contributed by atoms with Crippen LogP contribution in [0.25, 0.3) is 0 Å². The molecule has 2 aromatic heterocycles. The molecule has 4 heterocycles. The summed E-state index contributed by atoms with van der Waals surface area (Å²) in [5.74, 6) is 1.14. The smallest absolute Gasteiger partial charge is 0.289 e. The highest BCUT2D eigenvalue weighted by Gasteiger charge is 2.26. The van der Waals surface area contributed by atoms with Gasteiger partial charge in [0.05, 0.1) is 29.9 Å². The van der Waals surface area contributed by atoms with Gasteiger partial charge in [0.25, 0.3) is 11.5 Å². The average molecular weight is 569 g/mol. The highest BCUT2D eigenvalue weighted by molar-refractivity contribution is 6.33. The maximum absolute atomic E-state index is 13.0. The summed E-state index contributed by atoms with van der Waals surface area (Å²) in [6.45, 7) is 11.4. The Bertz CT molecular complexity index is 1330. The fraction of sp³-hybridized carbons (Fsp3) is 0.483. The molecule has 0 N–H and O–H groups in total. The Kier molecular flexibility index (Phi) is 8.96. The van der Waals surface area contributed by atoms with E-state index >= 15 is 0 Å². The first-order valence-corrected chi connectivity index (χ1v) is 14.3. The van der Waals surface area contributed by atoms with Gasteiger partial charge in [-0.1, -0.05) is 23.7 Å². The molecule has 2 aliphatic rings. The van der Waals surface area contributed by atoms with Gasteiger partial charge >= 0.3 is 0 Å². The topological polar surface area (TPSA) is 87.3 Å².